The molecular weight excluding hydrogens is 286 g/mol. The molecule has 0 aliphatic carbocycles. The summed E-state index contributed by atoms with van der Waals surface area (Å²) in [6, 6.07) is 0. The maximum atomic E-state index is 9.44. The van der Waals surface area contributed by atoms with Crippen LogP contribution in [0.2, 0.25) is 0 Å². The van der Waals surface area contributed by atoms with Crippen molar-refractivity contribution in [2.24, 2.45) is 5.84 Å². The van der Waals surface area contributed by atoms with Crippen molar-refractivity contribution in [3.8, 4) is 0 Å². The summed E-state index contributed by atoms with van der Waals surface area (Å²) in [5.74, 6) is 6.97. The molecule has 4 N–H and O–H groups in total. The smallest absolute Gasteiger partial charge is 0.152 e. The molecule has 0 aliphatic rings. The van der Waals surface area contributed by atoms with Gasteiger partial charge in [-0.3, -0.25) is 4.90 Å². The minimum absolute atomic E-state index is 0.0744. The van der Waals surface area contributed by atoms with E-state index < -0.39 is 0 Å². The fourth-order valence-electron chi connectivity index (χ4n) is 2.02. The number of fused-ring (bicyclic) bond motifs is 1. The first kappa shape index (κ1) is 16.1. The topological polar surface area (TPSA) is 87.3 Å². The van der Waals surface area contributed by atoms with Gasteiger partial charge < -0.3 is 10.5 Å². The highest BCUT2D eigenvalue weighted by Gasteiger charge is 2.24. The van der Waals surface area contributed by atoms with Crippen molar-refractivity contribution in [2.45, 2.75) is 39.8 Å². The Morgan fingerprint density at radius 3 is 2.57 bits per heavy atom. The molecule has 2 heterocycles. The van der Waals surface area contributed by atoms with Gasteiger partial charge >= 0.3 is 0 Å². The van der Waals surface area contributed by atoms with Crippen LogP contribution in [-0.2, 0) is 6.54 Å². The number of aliphatic hydroxyl groups is 1. The predicted molar refractivity (Wildman–Crippen MR) is 87.3 cm³/mol. The Kier molecular flexibility index (Phi) is 4.48. The van der Waals surface area contributed by atoms with Crippen molar-refractivity contribution in [1.82, 2.24) is 14.9 Å². The highest BCUT2D eigenvalue weighted by Crippen LogP contribution is 2.33. The average Bonchev–Trinajstić information content (AvgIpc) is 2.73. The second-order valence-corrected chi connectivity index (χ2v) is 7.13. The van der Waals surface area contributed by atoms with Gasteiger partial charge in [0.1, 0.15) is 10.7 Å². The fourth-order valence-corrected chi connectivity index (χ4v) is 3.06. The number of likely N-dealkylation sites (N-methyl/N-ethyl adjacent to an activating group) is 1. The lowest BCUT2D eigenvalue weighted by Gasteiger charge is -2.33. The van der Waals surface area contributed by atoms with Crippen molar-refractivity contribution in [1.29, 1.82) is 0 Å². The number of hydrogen-bond acceptors (Lipinski definition) is 7. The average molecular weight is 309 g/mol. The van der Waals surface area contributed by atoms with Gasteiger partial charge in [0.2, 0.25) is 0 Å². The van der Waals surface area contributed by atoms with Crippen LogP contribution in [0.4, 0.5) is 5.82 Å². The molecule has 0 unspecified atom stereocenters. The van der Waals surface area contributed by atoms with E-state index in [0.29, 0.717) is 18.2 Å². The number of thiophene rings is 1. The Morgan fingerprint density at radius 1 is 1.33 bits per heavy atom. The first-order valence-corrected chi connectivity index (χ1v) is 7.67. The Bertz CT molecular complexity index is 652. The maximum Gasteiger partial charge on any atom is 0.152 e. The lowest BCUT2D eigenvalue weighted by molar-refractivity contribution is 0.0715. The van der Waals surface area contributed by atoms with Crippen molar-refractivity contribution in [2.75, 3.05) is 19.1 Å². The summed E-state index contributed by atoms with van der Waals surface area (Å²) >= 11 is 1.65. The van der Waals surface area contributed by atoms with Gasteiger partial charge in [-0.05, 0) is 40.3 Å². The van der Waals surface area contributed by atoms with E-state index in [1.165, 1.54) is 10.4 Å². The molecule has 2 aromatic rings. The molecule has 0 aliphatic heterocycles. The van der Waals surface area contributed by atoms with Crippen molar-refractivity contribution < 1.29 is 5.11 Å². The van der Waals surface area contributed by atoms with Gasteiger partial charge in [-0.15, -0.1) is 11.3 Å². The lowest BCUT2D eigenvalue weighted by atomic mass is 10.1. The van der Waals surface area contributed by atoms with Crippen LogP contribution in [0.3, 0.4) is 0 Å². The van der Waals surface area contributed by atoms with E-state index in [0.717, 1.165) is 10.2 Å². The number of rotatable bonds is 5. The summed E-state index contributed by atoms with van der Waals surface area (Å²) in [4.78, 5) is 13.4. The molecule has 116 valence electrons. The van der Waals surface area contributed by atoms with E-state index in [1.807, 2.05) is 25.8 Å². The molecule has 21 heavy (non-hydrogen) atoms. The molecule has 0 fully saturated rings. The van der Waals surface area contributed by atoms with Gasteiger partial charge in [-0.1, -0.05) is 0 Å². The van der Waals surface area contributed by atoms with Gasteiger partial charge in [0, 0.05) is 10.4 Å². The van der Waals surface area contributed by atoms with Crippen LogP contribution in [0, 0.1) is 13.8 Å². The normalized spacial score (nSPS) is 12.4. The Labute approximate surface area is 129 Å². The number of aliphatic hydroxyl groups excluding tert-OH is 1. The van der Waals surface area contributed by atoms with Crippen LogP contribution < -0.4 is 11.3 Å². The molecule has 0 bridgehead atoms. The molecule has 0 saturated heterocycles. The number of nitrogens with two attached hydrogens (primary N) is 1. The van der Waals surface area contributed by atoms with Gasteiger partial charge in [-0.2, -0.15) is 0 Å². The minimum Gasteiger partial charge on any atom is -0.394 e. The first-order chi connectivity index (χ1) is 9.80. The van der Waals surface area contributed by atoms with E-state index in [9.17, 15) is 5.11 Å². The molecule has 6 nitrogen and oxygen atoms in total. The largest absolute Gasteiger partial charge is 0.394 e. The first-order valence-electron chi connectivity index (χ1n) is 6.85. The summed E-state index contributed by atoms with van der Waals surface area (Å²) in [5, 5.41) is 10.4. The van der Waals surface area contributed by atoms with Crippen LogP contribution in [0.15, 0.2) is 0 Å². The SMILES string of the molecule is Cc1sc2nc(CN(C)C(C)(C)CO)nc(NN)c2c1C. The second-order valence-electron chi connectivity index (χ2n) is 5.92. The van der Waals surface area contributed by atoms with E-state index in [2.05, 4.69) is 29.2 Å². The predicted octanol–water partition coefficient (Wildman–Crippen LogP) is 1.80. The zero-order valence-corrected chi connectivity index (χ0v) is 14.0. The second kappa shape index (κ2) is 5.84. The fraction of sp³-hybridized carbons (Fsp3) is 0.571. The zero-order valence-electron chi connectivity index (χ0n) is 13.2. The van der Waals surface area contributed by atoms with E-state index in [-0.39, 0.29) is 12.1 Å². The zero-order chi connectivity index (χ0) is 15.8. The Hall–Kier alpha value is -1.28. The summed E-state index contributed by atoms with van der Waals surface area (Å²) in [5.41, 5.74) is 3.52. The van der Waals surface area contributed by atoms with Gasteiger partial charge in [0.15, 0.2) is 5.82 Å². The molecule has 0 spiro atoms. The number of anilines is 1. The van der Waals surface area contributed by atoms with E-state index in [1.54, 1.807) is 11.3 Å². The van der Waals surface area contributed by atoms with Gasteiger partial charge in [-0.25, -0.2) is 15.8 Å². The van der Waals surface area contributed by atoms with Crippen LogP contribution in [0.5, 0.6) is 0 Å². The lowest BCUT2D eigenvalue weighted by Crippen LogP contribution is -2.44. The quantitative estimate of drug-likeness (QED) is 0.576. The molecule has 0 radical (unpaired) electrons. The standard InChI is InChI=1S/C14H23N5OS/c1-8-9(2)21-13-11(8)12(18-15)16-10(17-13)6-19(5)14(3,4)7-20/h20H,6-7,15H2,1-5H3,(H,16,17,18). The number of hydrazine groups is 1. The van der Waals surface area contributed by atoms with Crippen LogP contribution in [0.25, 0.3) is 10.2 Å². The van der Waals surface area contributed by atoms with Crippen molar-refractivity contribution in [3.05, 3.63) is 16.3 Å². The summed E-state index contributed by atoms with van der Waals surface area (Å²) in [7, 11) is 1.95. The molecule has 0 saturated carbocycles. The molecule has 2 aromatic heterocycles. The molecule has 0 amide bonds. The Morgan fingerprint density at radius 2 is 2.00 bits per heavy atom. The number of aromatic nitrogens is 2. The third-order valence-corrected chi connectivity index (χ3v) is 5.11. The highest BCUT2D eigenvalue weighted by atomic mass is 32.1. The van der Waals surface area contributed by atoms with Gasteiger partial charge in [0.05, 0.1) is 18.5 Å². The van der Waals surface area contributed by atoms with Crippen molar-refractivity contribution in [3.63, 3.8) is 0 Å². The Balaban J connectivity index is 2.42. The molecule has 2 rings (SSSR count). The molecular formula is C14H23N5OS. The van der Waals surface area contributed by atoms with Crippen LogP contribution in [0.1, 0.15) is 30.1 Å². The number of aryl methyl sites for hydroxylation is 2. The number of nitrogens with zero attached hydrogens (tertiary/aromatic N) is 3. The number of nitrogen functional groups attached to an aromatic ring is 1. The molecule has 0 atom stereocenters. The highest BCUT2D eigenvalue weighted by molar-refractivity contribution is 7.18. The summed E-state index contributed by atoms with van der Waals surface area (Å²) < 4.78 is 0. The summed E-state index contributed by atoms with van der Waals surface area (Å²) in [6.45, 7) is 8.71. The summed E-state index contributed by atoms with van der Waals surface area (Å²) in [6.07, 6.45) is 0. The van der Waals surface area contributed by atoms with Crippen LogP contribution >= 0.6 is 11.3 Å². The molecule has 7 heteroatoms. The maximum absolute atomic E-state index is 9.44. The van der Waals surface area contributed by atoms with E-state index >= 15 is 0 Å². The van der Waals surface area contributed by atoms with Crippen LogP contribution in [-0.4, -0.2) is 39.2 Å². The minimum atomic E-state index is -0.324. The van der Waals surface area contributed by atoms with Gasteiger partial charge in [0.25, 0.3) is 0 Å². The monoisotopic (exact) mass is 309 g/mol. The molecule has 0 aromatic carbocycles. The third kappa shape index (κ3) is 3.01. The van der Waals surface area contributed by atoms with E-state index in [4.69, 9.17) is 5.84 Å². The number of nitrogens with one attached hydrogen (secondary N) is 1. The third-order valence-electron chi connectivity index (χ3n) is 4.01. The number of hydrogen-bond donors (Lipinski definition) is 3. The van der Waals surface area contributed by atoms with Crippen molar-refractivity contribution >= 4 is 27.4 Å².